The lowest BCUT2D eigenvalue weighted by molar-refractivity contribution is -0.386. The summed E-state index contributed by atoms with van der Waals surface area (Å²) in [6, 6.07) is 4.49. The van der Waals surface area contributed by atoms with Gasteiger partial charge in [-0.3, -0.25) is 14.9 Å². The maximum Gasteiger partial charge on any atom is 0.314 e. The fraction of sp³-hybridized carbons (Fsp3) is 0.400. The molecule has 3 rings (SSSR count). The minimum atomic E-state index is -0.939. The van der Waals surface area contributed by atoms with Gasteiger partial charge in [0.25, 0.3) is 0 Å². The van der Waals surface area contributed by atoms with Gasteiger partial charge in [0.2, 0.25) is 11.6 Å². The molecule has 1 aromatic rings. The highest BCUT2D eigenvalue weighted by Crippen LogP contribution is 2.50. The molecule has 152 valence electrons. The summed E-state index contributed by atoms with van der Waals surface area (Å²) in [7, 11) is 0. The van der Waals surface area contributed by atoms with E-state index in [9.17, 15) is 25.3 Å². The molecule has 0 unspecified atom stereocenters. The van der Waals surface area contributed by atoms with E-state index < -0.39 is 22.3 Å². The third-order valence-electron chi connectivity index (χ3n) is 4.98. The predicted octanol–water partition coefficient (Wildman–Crippen LogP) is 3.15. The van der Waals surface area contributed by atoms with Crippen LogP contribution in [0.2, 0.25) is 0 Å². The van der Waals surface area contributed by atoms with Gasteiger partial charge in [0.05, 0.1) is 17.4 Å². The molecule has 1 aliphatic heterocycles. The standard InChI is InChI=1S/C20H21N3O6/c1-4-28-14-6-10(5-12(18(14)25)23(26)27)16-11(9-21)19(22)29-15-8-20(2,3)7-13(24)17(15)16/h5-6,16,25H,4,7-8,22H2,1-3H3/t16-/m1/s1. The maximum absolute atomic E-state index is 13.0. The van der Waals surface area contributed by atoms with Crippen LogP contribution in [0.3, 0.4) is 0 Å². The molecule has 0 radical (unpaired) electrons. The zero-order chi connectivity index (χ0) is 21.5. The minimum Gasteiger partial charge on any atom is -0.500 e. The number of ketones is 1. The summed E-state index contributed by atoms with van der Waals surface area (Å²) in [6.07, 6.45) is 0.672. The zero-order valence-corrected chi connectivity index (χ0v) is 16.3. The number of rotatable bonds is 4. The number of phenols is 1. The van der Waals surface area contributed by atoms with Crippen molar-refractivity contribution in [3.8, 4) is 17.6 Å². The summed E-state index contributed by atoms with van der Waals surface area (Å²) in [4.78, 5) is 23.7. The highest BCUT2D eigenvalue weighted by Gasteiger charge is 2.43. The van der Waals surface area contributed by atoms with Crippen molar-refractivity contribution in [1.29, 1.82) is 5.26 Å². The smallest absolute Gasteiger partial charge is 0.314 e. The molecule has 0 amide bonds. The molecule has 0 fully saturated rings. The number of hydrogen-bond acceptors (Lipinski definition) is 8. The Morgan fingerprint density at radius 2 is 2.14 bits per heavy atom. The Morgan fingerprint density at radius 1 is 1.45 bits per heavy atom. The largest absolute Gasteiger partial charge is 0.500 e. The lowest BCUT2D eigenvalue weighted by Gasteiger charge is -2.37. The van der Waals surface area contributed by atoms with E-state index in [4.69, 9.17) is 15.2 Å². The van der Waals surface area contributed by atoms with E-state index in [0.717, 1.165) is 6.07 Å². The maximum atomic E-state index is 13.0. The Kier molecular flexibility index (Phi) is 4.96. The molecule has 0 saturated carbocycles. The Labute approximate surface area is 167 Å². The van der Waals surface area contributed by atoms with E-state index in [1.165, 1.54) is 6.07 Å². The number of nitrogens with two attached hydrogens (primary N) is 1. The second-order valence-electron chi connectivity index (χ2n) is 7.78. The summed E-state index contributed by atoms with van der Waals surface area (Å²) in [5.74, 6) is -1.66. The average Bonchev–Trinajstić information content (AvgIpc) is 2.61. The van der Waals surface area contributed by atoms with Crippen LogP contribution >= 0.6 is 0 Å². The topological polar surface area (TPSA) is 149 Å². The van der Waals surface area contributed by atoms with Crippen LogP contribution in [0.4, 0.5) is 5.69 Å². The van der Waals surface area contributed by atoms with Crippen LogP contribution in [0.25, 0.3) is 0 Å². The van der Waals surface area contributed by atoms with Crippen LogP contribution in [0, 0.1) is 26.9 Å². The minimum absolute atomic E-state index is 0.0146. The first-order valence-electron chi connectivity index (χ1n) is 9.07. The Balaban J connectivity index is 2.27. The van der Waals surface area contributed by atoms with Gasteiger partial charge in [-0.15, -0.1) is 0 Å². The van der Waals surface area contributed by atoms with Crippen LogP contribution in [0.15, 0.2) is 34.9 Å². The highest BCUT2D eigenvalue weighted by atomic mass is 16.6. The molecule has 0 spiro atoms. The number of nitrogens with zero attached hydrogens (tertiary/aromatic N) is 2. The fourth-order valence-corrected chi connectivity index (χ4v) is 3.80. The molecule has 1 atom stereocenters. The Morgan fingerprint density at radius 3 is 2.72 bits per heavy atom. The Bertz CT molecular complexity index is 1020. The van der Waals surface area contributed by atoms with Gasteiger partial charge in [-0.2, -0.15) is 5.26 Å². The van der Waals surface area contributed by atoms with E-state index in [1.54, 1.807) is 6.92 Å². The van der Waals surface area contributed by atoms with Crippen molar-refractivity contribution in [3.63, 3.8) is 0 Å². The van der Waals surface area contributed by atoms with E-state index in [0.29, 0.717) is 12.2 Å². The van der Waals surface area contributed by atoms with Crippen molar-refractivity contribution < 1.29 is 24.3 Å². The number of phenolic OH excluding ortho intramolecular Hbond substituents is 1. The van der Waals surface area contributed by atoms with E-state index in [1.807, 2.05) is 19.9 Å². The molecule has 3 N–H and O–H groups in total. The lowest BCUT2D eigenvalue weighted by Crippen LogP contribution is -2.33. The molecule has 0 saturated heterocycles. The molecule has 0 bridgehead atoms. The summed E-state index contributed by atoms with van der Waals surface area (Å²) < 4.78 is 10.9. The van der Waals surface area contributed by atoms with Crippen LogP contribution in [0.5, 0.6) is 11.5 Å². The van der Waals surface area contributed by atoms with Gasteiger partial charge in [0.1, 0.15) is 17.4 Å². The number of nitriles is 1. The van der Waals surface area contributed by atoms with Gasteiger partial charge in [-0.25, -0.2) is 0 Å². The molecule has 29 heavy (non-hydrogen) atoms. The summed E-state index contributed by atoms with van der Waals surface area (Å²) in [6.45, 7) is 5.67. The number of carbonyl (C=O) groups excluding carboxylic acids is 1. The number of Topliss-reactive ketones (excluding diaryl/α,β-unsaturated/α-hetero) is 1. The quantitative estimate of drug-likeness (QED) is 0.579. The van der Waals surface area contributed by atoms with Gasteiger partial charge < -0.3 is 20.3 Å². The van der Waals surface area contributed by atoms with Gasteiger partial charge in [0, 0.05) is 24.5 Å². The molecule has 1 heterocycles. The average molecular weight is 399 g/mol. The third kappa shape index (κ3) is 3.49. The monoisotopic (exact) mass is 399 g/mol. The van der Waals surface area contributed by atoms with Gasteiger partial charge >= 0.3 is 5.69 Å². The van der Waals surface area contributed by atoms with E-state index in [2.05, 4.69) is 0 Å². The normalized spacial score (nSPS) is 20.6. The van der Waals surface area contributed by atoms with Crippen LogP contribution in [0.1, 0.15) is 45.1 Å². The fourth-order valence-electron chi connectivity index (χ4n) is 3.80. The number of aromatic hydroxyl groups is 1. The van der Waals surface area contributed by atoms with Crippen molar-refractivity contribution in [3.05, 3.63) is 50.6 Å². The SMILES string of the molecule is CCOc1cc([C@@H]2C(C#N)=C(N)OC3=C2C(=O)CC(C)(C)C3)cc([N+](=O)[O-])c1O. The van der Waals surface area contributed by atoms with Crippen molar-refractivity contribution >= 4 is 11.5 Å². The zero-order valence-electron chi connectivity index (χ0n) is 16.3. The van der Waals surface area contributed by atoms with Crippen molar-refractivity contribution in [2.24, 2.45) is 11.1 Å². The van der Waals surface area contributed by atoms with Crippen molar-refractivity contribution in [2.45, 2.75) is 39.5 Å². The highest BCUT2D eigenvalue weighted by molar-refractivity contribution is 6.00. The summed E-state index contributed by atoms with van der Waals surface area (Å²) in [5.41, 5.74) is 5.53. The number of carbonyl (C=O) groups is 1. The first-order valence-corrected chi connectivity index (χ1v) is 9.07. The second kappa shape index (κ2) is 7.13. The van der Waals surface area contributed by atoms with Crippen molar-refractivity contribution in [1.82, 2.24) is 0 Å². The second-order valence-corrected chi connectivity index (χ2v) is 7.78. The first-order chi connectivity index (χ1) is 13.6. The Hall–Kier alpha value is -3.54. The van der Waals surface area contributed by atoms with Gasteiger partial charge in [0.15, 0.2) is 11.5 Å². The van der Waals surface area contributed by atoms with Gasteiger partial charge in [-0.05, 0) is 24.0 Å². The summed E-state index contributed by atoms with van der Waals surface area (Å²) in [5, 5.41) is 31.3. The van der Waals surface area contributed by atoms with Crippen LogP contribution in [-0.2, 0) is 9.53 Å². The van der Waals surface area contributed by atoms with Gasteiger partial charge in [-0.1, -0.05) is 13.8 Å². The number of nitro groups is 1. The summed E-state index contributed by atoms with van der Waals surface area (Å²) >= 11 is 0. The molecular weight excluding hydrogens is 378 g/mol. The molecule has 2 aliphatic rings. The van der Waals surface area contributed by atoms with Crippen molar-refractivity contribution in [2.75, 3.05) is 6.61 Å². The molecular formula is C20H21N3O6. The van der Waals surface area contributed by atoms with Crippen LogP contribution in [-0.4, -0.2) is 22.4 Å². The molecule has 1 aliphatic carbocycles. The van der Waals surface area contributed by atoms with E-state index >= 15 is 0 Å². The molecule has 9 heteroatoms. The predicted molar refractivity (Wildman–Crippen MR) is 102 cm³/mol. The molecule has 1 aromatic carbocycles. The number of benzene rings is 1. The third-order valence-corrected chi connectivity index (χ3v) is 4.98. The lowest BCUT2D eigenvalue weighted by atomic mass is 9.70. The number of allylic oxidation sites excluding steroid dienone is 3. The van der Waals surface area contributed by atoms with Crippen LogP contribution < -0.4 is 10.5 Å². The number of nitro benzene ring substituents is 1. The number of ether oxygens (including phenoxy) is 2. The number of hydrogen-bond donors (Lipinski definition) is 2. The molecule has 9 nitrogen and oxygen atoms in total. The van der Waals surface area contributed by atoms with E-state index in [-0.39, 0.29) is 52.6 Å². The first kappa shape index (κ1) is 20.2. The molecule has 0 aromatic heterocycles.